The molecule has 8 nitrogen and oxygen atoms in total. The molecule has 1 fully saturated rings. The van der Waals surface area contributed by atoms with Crippen LogP contribution in [0.3, 0.4) is 0 Å². The number of aryl methyl sites for hydroxylation is 1. The van der Waals surface area contributed by atoms with Gasteiger partial charge in [0.05, 0.1) is 6.54 Å². The van der Waals surface area contributed by atoms with Crippen LogP contribution in [0.1, 0.15) is 18.3 Å². The number of alkyl halides is 3. The number of pyridine rings is 1. The van der Waals surface area contributed by atoms with E-state index in [4.69, 9.17) is 4.74 Å². The van der Waals surface area contributed by atoms with Gasteiger partial charge in [-0.25, -0.2) is 9.97 Å². The Balaban J connectivity index is 0.00000341. The molecule has 0 spiro atoms. The summed E-state index contributed by atoms with van der Waals surface area (Å²) < 4.78 is 48.5. The summed E-state index contributed by atoms with van der Waals surface area (Å²) in [6, 6.07) is 2.19. The van der Waals surface area contributed by atoms with Gasteiger partial charge in [-0.3, -0.25) is 4.99 Å². The van der Waals surface area contributed by atoms with Crippen molar-refractivity contribution in [1.82, 2.24) is 24.6 Å². The van der Waals surface area contributed by atoms with Crippen LogP contribution >= 0.6 is 35.5 Å². The number of nitrogens with zero attached hydrogens (tertiary/aromatic N) is 6. The highest BCUT2D eigenvalue weighted by Gasteiger charge is 2.35. The van der Waals surface area contributed by atoms with E-state index in [0.717, 1.165) is 49.6 Å². The molecule has 1 saturated heterocycles. The lowest BCUT2D eigenvalue weighted by Crippen LogP contribution is -2.53. The predicted molar refractivity (Wildman–Crippen MR) is 125 cm³/mol. The minimum Gasteiger partial charge on any atom is -0.475 e. The fourth-order valence-electron chi connectivity index (χ4n) is 2.99. The second-order valence-electron chi connectivity index (χ2n) is 6.50. The van der Waals surface area contributed by atoms with E-state index in [2.05, 4.69) is 34.5 Å². The summed E-state index contributed by atoms with van der Waals surface area (Å²) in [6.07, 6.45) is -2.41. The van der Waals surface area contributed by atoms with Gasteiger partial charge >= 0.3 is 6.18 Å². The maximum Gasteiger partial charge on any atom is 0.421 e. The number of aliphatic imine (C=N–C) groups is 1. The number of piperazine rings is 1. The van der Waals surface area contributed by atoms with Crippen LogP contribution in [0, 0.1) is 0 Å². The van der Waals surface area contributed by atoms with E-state index in [1.54, 1.807) is 7.05 Å². The van der Waals surface area contributed by atoms with E-state index in [-0.39, 0.29) is 30.6 Å². The van der Waals surface area contributed by atoms with Crippen molar-refractivity contribution in [1.29, 1.82) is 0 Å². The number of aromatic nitrogens is 3. The van der Waals surface area contributed by atoms with Crippen LogP contribution in [-0.2, 0) is 12.6 Å². The van der Waals surface area contributed by atoms with Crippen LogP contribution in [0.25, 0.3) is 0 Å². The molecule has 0 atom stereocenters. The Kier molecular flexibility index (Phi) is 9.53. The van der Waals surface area contributed by atoms with Gasteiger partial charge in [-0.1, -0.05) is 6.92 Å². The zero-order valence-corrected chi connectivity index (χ0v) is 20.4. The number of hydrogen-bond donors (Lipinski definition) is 1. The molecular weight excluding hydrogens is 546 g/mol. The van der Waals surface area contributed by atoms with Gasteiger partial charge in [0.25, 0.3) is 0 Å². The molecule has 3 rings (SSSR count). The van der Waals surface area contributed by atoms with E-state index in [1.807, 2.05) is 6.92 Å². The van der Waals surface area contributed by atoms with Crippen molar-refractivity contribution in [2.24, 2.45) is 4.99 Å². The lowest BCUT2D eigenvalue weighted by atomic mass is 10.2. The molecule has 0 radical (unpaired) electrons. The Labute approximate surface area is 200 Å². The Morgan fingerprint density at radius 1 is 1.29 bits per heavy atom. The Hall–Kier alpha value is -1.90. The van der Waals surface area contributed by atoms with E-state index in [1.165, 1.54) is 23.8 Å². The third kappa shape index (κ3) is 6.79. The topological polar surface area (TPSA) is 78.8 Å². The van der Waals surface area contributed by atoms with Crippen molar-refractivity contribution in [2.75, 3.05) is 51.3 Å². The van der Waals surface area contributed by atoms with E-state index in [9.17, 15) is 13.2 Å². The largest absolute Gasteiger partial charge is 0.475 e. The van der Waals surface area contributed by atoms with Crippen LogP contribution in [0.2, 0.25) is 0 Å². The molecule has 0 bridgehead atoms. The molecule has 1 N–H and O–H groups in total. The number of hydrogen-bond acceptors (Lipinski definition) is 7. The maximum atomic E-state index is 13.0. The van der Waals surface area contributed by atoms with Crippen LogP contribution in [0.5, 0.6) is 5.88 Å². The fourth-order valence-corrected chi connectivity index (χ4v) is 3.79. The normalized spacial score (nSPS) is 14.9. The van der Waals surface area contributed by atoms with Gasteiger partial charge in [-0.15, -0.1) is 24.0 Å². The first kappa shape index (κ1) is 25.4. The quantitative estimate of drug-likeness (QED) is 0.247. The molecule has 2 aromatic rings. The first-order valence-corrected chi connectivity index (χ1v) is 10.4. The summed E-state index contributed by atoms with van der Waals surface area (Å²) >= 11 is 1.41. The molecular formula is C18H25F3IN7OS. The van der Waals surface area contributed by atoms with Crippen molar-refractivity contribution in [3.63, 3.8) is 0 Å². The van der Waals surface area contributed by atoms with Gasteiger partial charge in [0.15, 0.2) is 5.96 Å². The van der Waals surface area contributed by atoms with Crippen LogP contribution in [0.4, 0.5) is 18.3 Å². The average Bonchev–Trinajstić information content (AvgIpc) is 3.23. The van der Waals surface area contributed by atoms with Crippen LogP contribution in [0.15, 0.2) is 23.3 Å². The molecule has 13 heteroatoms. The SMILES string of the molecule is CCc1nsc(N2CCN(C(=NC)NCCOc3ncccc3C(F)(F)F)CC2)n1.I. The standard InChI is InChI=1S/C18H24F3N7OS.HI/c1-3-14-25-17(30-26-14)28-10-8-27(9-11-28)16(22-2)24-7-12-29-15-13(18(19,20)21)5-4-6-23-15;/h4-6H,3,7-12H2,1-2H3,(H,22,24);1H. The zero-order chi connectivity index (χ0) is 21.6. The highest BCUT2D eigenvalue weighted by molar-refractivity contribution is 14.0. The number of ether oxygens (including phenoxy) is 1. The molecule has 2 aromatic heterocycles. The lowest BCUT2D eigenvalue weighted by molar-refractivity contribution is -0.139. The summed E-state index contributed by atoms with van der Waals surface area (Å²) in [7, 11) is 1.67. The van der Waals surface area contributed by atoms with Crippen molar-refractivity contribution < 1.29 is 17.9 Å². The highest BCUT2D eigenvalue weighted by atomic mass is 127. The number of nitrogens with one attached hydrogen (secondary N) is 1. The molecule has 31 heavy (non-hydrogen) atoms. The Morgan fingerprint density at radius 2 is 2.03 bits per heavy atom. The van der Waals surface area contributed by atoms with E-state index >= 15 is 0 Å². The van der Waals surface area contributed by atoms with Gasteiger partial charge in [-0.2, -0.15) is 17.5 Å². The van der Waals surface area contributed by atoms with Gasteiger partial charge in [0, 0.05) is 57.4 Å². The highest BCUT2D eigenvalue weighted by Crippen LogP contribution is 2.34. The van der Waals surface area contributed by atoms with Crippen LogP contribution in [-0.4, -0.2) is 71.6 Å². The predicted octanol–water partition coefficient (Wildman–Crippen LogP) is 2.91. The molecule has 0 aliphatic carbocycles. The molecule has 1 aliphatic rings. The first-order valence-electron chi connectivity index (χ1n) is 9.60. The number of rotatable bonds is 6. The van der Waals surface area contributed by atoms with Gasteiger partial charge < -0.3 is 19.9 Å². The molecule has 3 heterocycles. The lowest BCUT2D eigenvalue weighted by Gasteiger charge is -2.36. The average molecular weight is 571 g/mol. The smallest absolute Gasteiger partial charge is 0.421 e. The molecule has 172 valence electrons. The Morgan fingerprint density at radius 3 is 2.65 bits per heavy atom. The first-order chi connectivity index (χ1) is 14.4. The van der Waals surface area contributed by atoms with Crippen molar-refractivity contribution >= 4 is 46.6 Å². The van der Waals surface area contributed by atoms with Gasteiger partial charge in [0.2, 0.25) is 11.0 Å². The fraction of sp³-hybridized carbons (Fsp3) is 0.556. The van der Waals surface area contributed by atoms with Crippen molar-refractivity contribution in [2.45, 2.75) is 19.5 Å². The van der Waals surface area contributed by atoms with Gasteiger partial charge in [-0.05, 0) is 12.1 Å². The zero-order valence-electron chi connectivity index (χ0n) is 17.2. The minimum absolute atomic E-state index is 0. The monoisotopic (exact) mass is 571 g/mol. The molecule has 0 unspecified atom stereocenters. The molecule has 0 saturated carbocycles. The summed E-state index contributed by atoms with van der Waals surface area (Å²) in [6.45, 7) is 5.44. The van der Waals surface area contributed by atoms with Crippen molar-refractivity contribution in [3.05, 3.63) is 29.7 Å². The second kappa shape index (κ2) is 11.6. The summed E-state index contributed by atoms with van der Waals surface area (Å²) in [5.41, 5.74) is -0.881. The maximum absolute atomic E-state index is 13.0. The molecule has 0 amide bonds. The van der Waals surface area contributed by atoms with Gasteiger partial charge in [0.1, 0.15) is 18.0 Å². The summed E-state index contributed by atoms with van der Waals surface area (Å²) in [5, 5.41) is 4.06. The molecule has 0 aromatic carbocycles. The van der Waals surface area contributed by atoms with Crippen molar-refractivity contribution in [3.8, 4) is 5.88 Å². The number of halogens is 4. The summed E-state index contributed by atoms with van der Waals surface area (Å²) in [5.74, 6) is 1.12. The third-order valence-electron chi connectivity index (χ3n) is 4.54. The Bertz CT molecular complexity index is 857. The second-order valence-corrected chi connectivity index (χ2v) is 7.23. The molecule has 1 aliphatic heterocycles. The minimum atomic E-state index is -4.50. The third-order valence-corrected chi connectivity index (χ3v) is 5.35. The number of guanidine groups is 1. The van der Waals surface area contributed by atoms with E-state index < -0.39 is 17.6 Å². The van der Waals surface area contributed by atoms with Crippen LogP contribution < -0.4 is 15.0 Å². The van der Waals surface area contributed by atoms with E-state index in [0.29, 0.717) is 12.5 Å². The number of anilines is 1. The summed E-state index contributed by atoms with van der Waals surface area (Å²) in [4.78, 5) is 16.8.